The summed E-state index contributed by atoms with van der Waals surface area (Å²) in [4.78, 5) is 29.3. The first-order valence-corrected chi connectivity index (χ1v) is 10.3. The molecule has 33 heavy (non-hydrogen) atoms. The Morgan fingerprint density at radius 1 is 1.03 bits per heavy atom. The van der Waals surface area contributed by atoms with Crippen LogP contribution in [0, 0.1) is 0 Å². The summed E-state index contributed by atoms with van der Waals surface area (Å²) in [6.07, 6.45) is 6.03. The van der Waals surface area contributed by atoms with Gasteiger partial charge in [-0.1, -0.05) is 12.1 Å². The highest BCUT2D eigenvalue weighted by molar-refractivity contribution is 5.88. The molecule has 8 nitrogen and oxygen atoms in total. The average Bonchev–Trinajstić information content (AvgIpc) is 2.86. The van der Waals surface area contributed by atoms with Gasteiger partial charge in [-0.15, -0.1) is 0 Å². The van der Waals surface area contributed by atoms with Crippen LogP contribution in [0.15, 0.2) is 85.2 Å². The van der Waals surface area contributed by atoms with Crippen molar-refractivity contribution < 1.29 is 24.2 Å². The number of anilines is 2. The Morgan fingerprint density at radius 3 is 2.39 bits per heavy atom. The molecular formula is C25H25N3O5. The summed E-state index contributed by atoms with van der Waals surface area (Å²) in [6.45, 7) is 0.362. The quantitative estimate of drug-likeness (QED) is 0.428. The van der Waals surface area contributed by atoms with E-state index in [0.717, 1.165) is 11.4 Å². The number of carbonyl (C=O) groups is 2. The number of benzene rings is 2. The molecule has 2 N–H and O–H groups in total. The van der Waals surface area contributed by atoms with Crippen molar-refractivity contribution in [2.45, 2.75) is 6.42 Å². The third kappa shape index (κ3) is 7.10. The van der Waals surface area contributed by atoms with E-state index in [1.165, 1.54) is 0 Å². The van der Waals surface area contributed by atoms with E-state index >= 15 is 0 Å². The predicted molar refractivity (Wildman–Crippen MR) is 125 cm³/mol. The minimum absolute atomic E-state index is 0.0774. The van der Waals surface area contributed by atoms with Crippen LogP contribution in [0.1, 0.15) is 16.8 Å². The predicted octanol–water partition coefficient (Wildman–Crippen LogP) is 4.03. The highest BCUT2D eigenvalue weighted by Crippen LogP contribution is 2.24. The molecule has 1 amide bonds. The van der Waals surface area contributed by atoms with Crippen LogP contribution in [0.4, 0.5) is 11.5 Å². The Hall–Kier alpha value is -4.33. The molecule has 8 heteroatoms. The third-order valence-corrected chi connectivity index (χ3v) is 4.61. The average molecular weight is 447 g/mol. The topological polar surface area (TPSA) is 101 Å². The number of carboxylic acids is 1. The summed E-state index contributed by atoms with van der Waals surface area (Å²) in [6, 6.07) is 19.1. The van der Waals surface area contributed by atoms with Gasteiger partial charge >= 0.3 is 5.97 Å². The minimum Gasteiger partial charge on any atom is -0.497 e. The van der Waals surface area contributed by atoms with Gasteiger partial charge in [0.05, 0.1) is 12.7 Å². The molecule has 0 saturated heterocycles. The maximum absolute atomic E-state index is 12.0. The number of pyridine rings is 1. The summed E-state index contributed by atoms with van der Waals surface area (Å²) in [5.41, 5.74) is 0.982. The van der Waals surface area contributed by atoms with Gasteiger partial charge in [-0.25, -0.2) is 9.78 Å². The largest absolute Gasteiger partial charge is 0.497 e. The monoisotopic (exact) mass is 447 g/mol. The molecule has 0 radical (unpaired) electrons. The summed E-state index contributed by atoms with van der Waals surface area (Å²) in [7, 11) is 1.59. The fourth-order valence-electron chi connectivity index (χ4n) is 2.90. The standard InChI is InChI=1S/C25H25N3O5/c1-32-21-11-13-22(14-12-21)33-18-24(29)27-16-4-5-17-28(23-6-2-3-15-26-23)20-9-7-19(8-10-20)25(30)31/h2-3,5-15,17H,4,16,18H2,1H3,(H,27,29)(H,30,31)/b17-5+. The van der Waals surface area contributed by atoms with Gasteiger partial charge in [0, 0.05) is 24.6 Å². The molecule has 1 aromatic heterocycles. The number of hydrogen-bond donors (Lipinski definition) is 2. The second-order valence-corrected chi connectivity index (χ2v) is 6.90. The Balaban J connectivity index is 1.51. The molecule has 0 aliphatic heterocycles. The van der Waals surface area contributed by atoms with Crippen LogP contribution in [-0.4, -0.2) is 42.2 Å². The number of carbonyl (C=O) groups excluding carboxylic acids is 1. The molecule has 3 rings (SSSR count). The van der Waals surface area contributed by atoms with Crippen molar-refractivity contribution in [2.24, 2.45) is 0 Å². The molecule has 1 heterocycles. The zero-order valence-corrected chi connectivity index (χ0v) is 18.2. The lowest BCUT2D eigenvalue weighted by Crippen LogP contribution is -2.29. The normalized spacial score (nSPS) is 10.6. The zero-order valence-electron chi connectivity index (χ0n) is 18.2. The van der Waals surface area contributed by atoms with E-state index in [1.807, 2.05) is 35.4 Å². The number of ether oxygens (including phenoxy) is 2. The molecule has 0 aliphatic rings. The molecule has 0 atom stereocenters. The van der Waals surface area contributed by atoms with Gasteiger partial charge in [0.1, 0.15) is 17.3 Å². The lowest BCUT2D eigenvalue weighted by molar-refractivity contribution is -0.123. The first kappa shape index (κ1) is 23.3. The number of amides is 1. The van der Waals surface area contributed by atoms with Crippen LogP contribution in [0.25, 0.3) is 0 Å². The second-order valence-electron chi connectivity index (χ2n) is 6.90. The van der Waals surface area contributed by atoms with Gasteiger partial charge in [0.25, 0.3) is 5.91 Å². The number of hydrogen-bond acceptors (Lipinski definition) is 6. The highest BCUT2D eigenvalue weighted by Gasteiger charge is 2.09. The summed E-state index contributed by atoms with van der Waals surface area (Å²) < 4.78 is 10.5. The first-order chi connectivity index (χ1) is 16.1. The fourth-order valence-corrected chi connectivity index (χ4v) is 2.90. The summed E-state index contributed by atoms with van der Waals surface area (Å²) in [5, 5.41) is 11.9. The van der Waals surface area contributed by atoms with Crippen LogP contribution in [0.3, 0.4) is 0 Å². The molecule has 3 aromatic rings. The minimum atomic E-state index is -0.979. The molecular weight excluding hydrogens is 422 g/mol. The van der Waals surface area contributed by atoms with Gasteiger partial charge in [-0.05, 0) is 67.1 Å². The third-order valence-electron chi connectivity index (χ3n) is 4.61. The lowest BCUT2D eigenvalue weighted by Gasteiger charge is -2.19. The van der Waals surface area contributed by atoms with E-state index in [4.69, 9.17) is 14.6 Å². The molecule has 170 valence electrons. The molecule has 0 saturated carbocycles. The zero-order chi connectivity index (χ0) is 23.5. The molecule has 2 aromatic carbocycles. The van der Waals surface area contributed by atoms with Crippen molar-refractivity contribution in [1.29, 1.82) is 0 Å². The van der Waals surface area contributed by atoms with Crippen LogP contribution in [0.2, 0.25) is 0 Å². The van der Waals surface area contributed by atoms with Crippen LogP contribution in [0.5, 0.6) is 11.5 Å². The van der Waals surface area contributed by atoms with Crippen molar-refractivity contribution in [2.75, 3.05) is 25.2 Å². The van der Waals surface area contributed by atoms with E-state index in [2.05, 4.69) is 10.3 Å². The number of methoxy groups -OCH3 is 1. The van der Waals surface area contributed by atoms with E-state index in [1.54, 1.807) is 61.8 Å². The van der Waals surface area contributed by atoms with Crippen molar-refractivity contribution in [3.05, 3.63) is 90.8 Å². The number of rotatable bonds is 11. The van der Waals surface area contributed by atoms with E-state index in [9.17, 15) is 9.59 Å². The maximum Gasteiger partial charge on any atom is 0.335 e. The van der Waals surface area contributed by atoms with Gasteiger partial charge in [0.2, 0.25) is 0 Å². The number of carboxylic acid groups (broad SMARTS) is 1. The van der Waals surface area contributed by atoms with Crippen LogP contribution >= 0.6 is 0 Å². The number of nitrogens with one attached hydrogen (secondary N) is 1. The number of nitrogens with zero attached hydrogens (tertiary/aromatic N) is 2. The molecule has 0 unspecified atom stereocenters. The summed E-state index contributed by atoms with van der Waals surface area (Å²) >= 11 is 0. The summed E-state index contributed by atoms with van der Waals surface area (Å²) in [5.74, 6) is 0.800. The Bertz CT molecular complexity index is 1070. The molecule has 0 spiro atoms. The highest BCUT2D eigenvalue weighted by atomic mass is 16.5. The number of aromatic nitrogens is 1. The van der Waals surface area contributed by atoms with E-state index in [-0.39, 0.29) is 18.1 Å². The number of aromatic carboxylic acids is 1. The SMILES string of the molecule is COc1ccc(OCC(=O)NCC/C=C/N(c2ccc(C(=O)O)cc2)c2ccccn2)cc1. The van der Waals surface area contributed by atoms with E-state index < -0.39 is 5.97 Å². The Labute approximate surface area is 192 Å². The smallest absolute Gasteiger partial charge is 0.335 e. The van der Waals surface area contributed by atoms with Crippen molar-refractivity contribution in [3.8, 4) is 11.5 Å². The molecule has 0 fully saturated rings. The van der Waals surface area contributed by atoms with Crippen LogP contribution in [-0.2, 0) is 4.79 Å². The van der Waals surface area contributed by atoms with Crippen molar-refractivity contribution in [3.63, 3.8) is 0 Å². The van der Waals surface area contributed by atoms with Gasteiger partial charge < -0.3 is 24.8 Å². The van der Waals surface area contributed by atoms with Crippen molar-refractivity contribution in [1.82, 2.24) is 10.3 Å². The molecule has 0 aliphatic carbocycles. The maximum atomic E-state index is 12.0. The molecule has 0 bridgehead atoms. The first-order valence-electron chi connectivity index (χ1n) is 10.3. The Kier molecular flexibility index (Phi) is 8.41. The second kappa shape index (κ2) is 11.9. The van der Waals surface area contributed by atoms with Gasteiger partial charge in [-0.3, -0.25) is 4.79 Å². The Morgan fingerprint density at radius 2 is 1.76 bits per heavy atom. The van der Waals surface area contributed by atoms with Gasteiger partial charge in [0.15, 0.2) is 6.61 Å². The van der Waals surface area contributed by atoms with Crippen LogP contribution < -0.4 is 19.7 Å². The lowest BCUT2D eigenvalue weighted by atomic mass is 10.2. The van der Waals surface area contributed by atoms with Gasteiger partial charge in [-0.2, -0.15) is 0 Å². The van der Waals surface area contributed by atoms with Crippen molar-refractivity contribution >= 4 is 23.4 Å². The van der Waals surface area contributed by atoms with E-state index in [0.29, 0.717) is 24.5 Å². The fraction of sp³-hybridized carbons (Fsp3) is 0.160.